The van der Waals surface area contributed by atoms with Crippen molar-refractivity contribution in [3.8, 4) is 28.4 Å². The highest BCUT2D eigenvalue weighted by molar-refractivity contribution is 5.95. The zero-order valence-electron chi connectivity index (χ0n) is 18.9. The van der Waals surface area contributed by atoms with Crippen molar-refractivity contribution >= 4 is 11.6 Å². The molecule has 3 aromatic carbocycles. The minimum Gasteiger partial charge on any atom is -0.496 e. The number of carbonyl (C=O) groups is 1. The first-order valence-electron chi connectivity index (χ1n) is 11.5. The van der Waals surface area contributed by atoms with Crippen LogP contribution in [0, 0.1) is 5.92 Å². The molecule has 0 bridgehead atoms. The van der Waals surface area contributed by atoms with Crippen LogP contribution in [0.3, 0.4) is 0 Å². The van der Waals surface area contributed by atoms with Gasteiger partial charge in [0.25, 0.3) is 5.91 Å². The third kappa shape index (κ3) is 3.27. The van der Waals surface area contributed by atoms with Crippen LogP contribution < -0.4 is 19.5 Å². The molecule has 2 N–H and O–H groups in total. The van der Waals surface area contributed by atoms with E-state index in [1.807, 2.05) is 35.2 Å². The number of benzene rings is 3. The number of amides is 1. The van der Waals surface area contributed by atoms with E-state index in [0.29, 0.717) is 23.6 Å². The molecule has 174 valence electrons. The molecule has 7 nitrogen and oxygen atoms in total. The van der Waals surface area contributed by atoms with Gasteiger partial charge in [0, 0.05) is 29.3 Å². The Hall–Kier alpha value is -3.71. The molecule has 0 spiro atoms. The molecule has 7 heteroatoms. The van der Waals surface area contributed by atoms with Gasteiger partial charge in [0.15, 0.2) is 11.5 Å². The fourth-order valence-corrected chi connectivity index (χ4v) is 5.54. The number of hydrogen-bond acceptors (Lipinski definition) is 6. The summed E-state index contributed by atoms with van der Waals surface area (Å²) in [5.41, 5.74) is 4.61. The highest BCUT2D eigenvalue weighted by Crippen LogP contribution is 2.48. The number of aliphatic hydroxyl groups is 1. The fraction of sp³-hybridized carbons (Fsp3) is 0.296. The van der Waals surface area contributed by atoms with E-state index in [1.165, 1.54) is 0 Å². The predicted molar refractivity (Wildman–Crippen MR) is 127 cm³/mol. The second-order valence-corrected chi connectivity index (χ2v) is 8.90. The van der Waals surface area contributed by atoms with Crippen molar-refractivity contribution in [2.75, 3.05) is 32.4 Å². The topological polar surface area (TPSA) is 80.3 Å². The number of para-hydroxylation sites is 1. The Balaban J connectivity index is 1.41. The number of aliphatic hydroxyl groups excluding tert-OH is 1. The van der Waals surface area contributed by atoms with Gasteiger partial charge in [-0.05, 0) is 53.9 Å². The second-order valence-electron chi connectivity index (χ2n) is 8.90. The molecule has 0 saturated carbocycles. The minimum absolute atomic E-state index is 0.0148. The summed E-state index contributed by atoms with van der Waals surface area (Å²) < 4.78 is 16.5. The number of likely N-dealkylation sites (tertiary alicyclic amines) is 1. The highest BCUT2D eigenvalue weighted by atomic mass is 16.7. The van der Waals surface area contributed by atoms with Gasteiger partial charge in [0.05, 0.1) is 25.8 Å². The van der Waals surface area contributed by atoms with Crippen molar-refractivity contribution in [2.45, 2.75) is 18.5 Å². The van der Waals surface area contributed by atoms with Crippen LogP contribution >= 0.6 is 0 Å². The van der Waals surface area contributed by atoms with Crippen molar-refractivity contribution < 1.29 is 24.1 Å². The number of hydrogen-bond donors (Lipinski definition) is 2. The Bertz CT molecular complexity index is 1260. The Labute approximate surface area is 197 Å². The Morgan fingerprint density at radius 3 is 2.82 bits per heavy atom. The van der Waals surface area contributed by atoms with Gasteiger partial charge in [-0.15, -0.1) is 0 Å². The smallest absolute Gasteiger partial charge is 0.254 e. The van der Waals surface area contributed by atoms with Crippen LogP contribution in [0.4, 0.5) is 5.69 Å². The lowest BCUT2D eigenvalue weighted by atomic mass is 9.82. The molecule has 34 heavy (non-hydrogen) atoms. The van der Waals surface area contributed by atoms with Gasteiger partial charge in [-0.2, -0.15) is 0 Å². The first kappa shape index (κ1) is 20.9. The number of methoxy groups -OCH3 is 1. The molecule has 3 aromatic rings. The first-order valence-corrected chi connectivity index (χ1v) is 11.5. The van der Waals surface area contributed by atoms with E-state index >= 15 is 0 Å². The van der Waals surface area contributed by atoms with Gasteiger partial charge in [0.1, 0.15) is 5.75 Å². The molecule has 1 saturated heterocycles. The lowest BCUT2D eigenvalue weighted by Gasteiger charge is -2.39. The third-order valence-electron chi connectivity index (χ3n) is 7.17. The van der Waals surface area contributed by atoms with Crippen LogP contribution in [0.2, 0.25) is 0 Å². The summed E-state index contributed by atoms with van der Waals surface area (Å²) in [5, 5.41) is 13.6. The lowest BCUT2D eigenvalue weighted by Crippen LogP contribution is -2.42. The molecule has 3 aliphatic rings. The van der Waals surface area contributed by atoms with E-state index in [0.717, 1.165) is 34.5 Å². The average Bonchev–Trinajstić information content (AvgIpc) is 3.54. The Morgan fingerprint density at radius 1 is 1.12 bits per heavy atom. The molecule has 0 aliphatic carbocycles. The highest BCUT2D eigenvalue weighted by Gasteiger charge is 2.46. The quantitative estimate of drug-likeness (QED) is 0.613. The summed E-state index contributed by atoms with van der Waals surface area (Å²) in [6.45, 7) is 0.810. The predicted octanol–water partition coefficient (Wildman–Crippen LogP) is 4.08. The zero-order valence-corrected chi connectivity index (χ0v) is 18.9. The van der Waals surface area contributed by atoms with Gasteiger partial charge < -0.3 is 29.5 Å². The second kappa shape index (κ2) is 8.25. The van der Waals surface area contributed by atoms with Crippen LogP contribution in [-0.2, 0) is 0 Å². The molecule has 0 aromatic heterocycles. The van der Waals surface area contributed by atoms with E-state index in [1.54, 1.807) is 25.3 Å². The van der Waals surface area contributed by atoms with E-state index in [4.69, 9.17) is 14.2 Å². The normalized spacial score (nSPS) is 22.1. The van der Waals surface area contributed by atoms with Gasteiger partial charge in [0.2, 0.25) is 6.79 Å². The molecular formula is C27H26N2O5. The van der Waals surface area contributed by atoms with Gasteiger partial charge in [-0.3, -0.25) is 4.79 Å². The van der Waals surface area contributed by atoms with E-state index in [-0.39, 0.29) is 37.3 Å². The van der Waals surface area contributed by atoms with Gasteiger partial charge in [-0.25, -0.2) is 0 Å². The lowest BCUT2D eigenvalue weighted by molar-refractivity contribution is 0.0700. The molecule has 3 atom stereocenters. The van der Waals surface area contributed by atoms with Crippen molar-refractivity contribution in [1.82, 2.24) is 4.90 Å². The maximum absolute atomic E-state index is 13.7. The maximum atomic E-state index is 13.7. The third-order valence-corrected chi connectivity index (χ3v) is 7.17. The maximum Gasteiger partial charge on any atom is 0.254 e. The number of carbonyl (C=O) groups excluding carboxylic acids is 1. The van der Waals surface area contributed by atoms with E-state index < -0.39 is 0 Å². The Kier molecular flexibility index (Phi) is 5.07. The van der Waals surface area contributed by atoms with Crippen molar-refractivity contribution in [2.24, 2.45) is 5.92 Å². The molecule has 0 unspecified atom stereocenters. The minimum atomic E-state index is -0.138. The number of ether oxygens (including phenoxy) is 3. The SMILES string of the molecule is COc1ccccc1-c1ccc2c(c1)[C@@H]1[C@@H](CCN1C(=O)c1ccc3c(c1)OCO3)[C@H](CO)N2. The molecule has 6 rings (SSSR count). The monoisotopic (exact) mass is 458 g/mol. The molecule has 0 radical (unpaired) electrons. The summed E-state index contributed by atoms with van der Waals surface area (Å²) in [6, 6.07) is 19.3. The summed E-state index contributed by atoms with van der Waals surface area (Å²) in [7, 11) is 1.67. The standard InChI is InChI=1S/C27H26N2O5/c1-32-23-5-3-2-4-18(23)16-6-8-21-20(12-16)26-19(22(14-30)28-21)10-11-29(26)27(31)17-7-9-24-25(13-17)34-15-33-24/h2-9,12-13,19,22,26,28,30H,10-11,14-15H2,1H3/t19-,22-,26-/m0/s1. The number of rotatable bonds is 4. The van der Waals surface area contributed by atoms with Crippen LogP contribution in [0.1, 0.15) is 28.4 Å². The molecule has 1 amide bonds. The van der Waals surface area contributed by atoms with Crippen molar-refractivity contribution in [3.05, 3.63) is 71.8 Å². The number of nitrogens with zero attached hydrogens (tertiary/aromatic N) is 1. The van der Waals surface area contributed by atoms with Gasteiger partial charge >= 0.3 is 0 Å². The van der Waals surface area contributed by atoms with Crippen LogP contribution in [-0.4, -0.2) is 49.0 Å². The molecule has 1 fully saturated rings. The van der Waals surface area contributed by atoms with Crippen LogP contribution in [0.15, 0.2) is 60.7 Å². The average molecular weight is 459 g/mol. The van der Waals surface area contributed by atoms with E-state index in [9.17, 15) is 9.90 Å². The first-order chi connectivity index (χ1) is 16.7. The summed E-state index contributed by atoms with van der Waals surface area (Å²) >= 11 is 0. The van der Waals surface area contributed by atoms with E-state index in [2.05, 4.69) is 17.4 Å². The summed E-state index contributed by atoms with van der Waals surface area (Å²) in [5.74, 6) is 2.13. The zero-order chi connectivity index (χ0) is 23.2. The van der Waals surface area contributed by atoms with Crippen molar-refractivity contribution in [3.63, 3.8) is 0 Å². The van der Waals surface area contributed by atoms with Crippen LogP contribution in [0.25, 0.3) is 11.1 Å². The summed E-state index contributed by atoms with van der Waals surface area (Å²) in [6.07, 6.45) is 0.817. The number of nitrogens with one attached hydrogen (secondary N) is 1. The number of fused-ring (bicyclic) bond motifs is 4. The molecular weight excluding hydrogens is 432 g/mol. The van der Waals surface area contributed by atoms with Gasteiger partial charge in [-0.1, -0.05) is 24.3 Å². The summed E-state index contributed by atoms with van der Waals surface area (Å²) in [4.78, 5) is 15.6. The van der Waals surface area contributed by atoms with Crippen LogP contribution in [0.5, 0.6) is 17.2 Å². The largest absolute Gasteiger partial charge is 0.496 e. The fourth-order valence-electron chi connectivity index (χ4n) is 5.54. The van der Waals surface area contributed by atoms with Crippen molar-refractivity contribution in [1.29, 1.82) is 0 Å². The molecule has 3 heterocycles. The number of anilines is 1. The Morgan fingerprint density at radius 2 is 1.97 bits per heavy atom. The molecule has 3 aliphatic heterocycles.